The van der Waals surface area contributed by atoms with Gasteiger partial charge in [0.05, 0.1) is 17.8 Å². The van der Waals surface area contributed by atoms with E-state index < -0.39 is 23.7 Å². The highest BCUT2D eigenvalue weighted by Gasteiger charge is 2.26. The first-order valence-corrected chi connectivity index (χ1v) is 6.61. The summed E-state index contributed by atoms with van der Waals surface area (Å²) in [5, 5.41) is 17.1. The van der Waals surface area contributed by atoms with E-state index in [1.165, 1.54) is 28.5 Å². The van der Waals surface area contributed by atoms with Crippen LogP contribution in [0.2, 0.25) is 0 Å². The molecule has 92 valence electrons. The molecular weight excluding hydrogens is 256 g/mol. The minimum Gasteiger partial charge on any atom is -0.481 e. The van der Waals surface area contributed by atoms with Gasteiger partial charge in [-0.25, -0.2) is 0 Å². The Morgan fingerprint density at radius 3 is 2.06 bits per heavy atom. The SMILES string of the molecule is CSSC(C(C)=O)C(O)CC(=O)O.O=C=O. The fourth-order valence-corrected chi connectivity index (χ4v) is 2.77. The van der Waals surface area contributed by atoms with Gasteiger partial charge in [-0.2, -0.15) is 9.59 Å². The average molecular weight is 268 g/mol. The van der Waals surface area contributed by atoms with Gasteiger partial charge in [0.1, 0.15) is 5.78 Å². The maximum atomic E-state index is 11.0. The van der Waals surface area contributed by atoms with Crippen LogP contribution in [0.3, 0.4) is 0 Å². The molecule has 0 aliphatic carbocycles. The molecule has 0 aromatic rings. The van der Waals surface area contributed by atoms with E-state index >= 15 is 0 Å². The van der Waals surface area contributed by atoms with Gasteiger partial charge in [-0.05, 0) is 13.2 Å². The molecule has 0 saturated heterocycles. The summed E-state index contributed by atoms with van der Waals surface area (Å²) in [6.07, 6.45) is 0.527. The normalized spacial score (nSPS) is 12.7. The Hall–Kier alpha value is -0.820. The van der Waals surface area contributed by atoms with Gasteiger partial charge in [-0.15, -0.1) is 0 Å². The summed E-state index contributed by atoms with van der Waals surface area (Å²) in [6, 6.07) is 0. The molecule has 0 fully saturated rings. The predicted molar refractivity (Wildman–Crippen MR) is 58.8 cm³/mol. The second-order valence-electron chi connectivity index (χ2n) is 2.54. The van der Waals surface area contributed by atoms with Crippen LogP contribution in [-0.2, 0) is 19.2 Å². The Balaban J connectivity index is 0. The summed E-state index contributed by atoms with van der Waals surface area (Å²) >= 11 is 0. The van der Waals surface area contributed by atoms with Crippen molar-refractivity contribution in [2.75, 3.05) is 6.26 Å². The molecule has 2 N–H and O–H groups in total. The van der Waals surface area contributed by atoms with Gasteiger partial charge in [0.2, 0.25) is 0 Å². The lowest BCUT2D eigenvalue weighted by Gasteiger charge is -2.16. The number of aliphatic carboxylic acids is 1. The predicted octanol–water partition coefficient (Wildman–Crippen LogP) is 0.207. The molecule has 0 rings (SSSR count). The first-order valence-electron chi connectivity index (χ1n) is 3.99. The third-order valence-electron chi connectivity index (χ3n) is 1.33. The highest BCUT2D eigenvalue weighted by atomic mass is 33.1. The number of aliphatic hydroxyl groups is 1. The number of hydrogen-bond donors (Lipinski definition) is 2. The van der Waals surface area contributed by atoms with Gasteiger partial charge < -0.3 is 10.2 Å². The van der Waals surface area contributed by atoms with Gasteiger partial charge in [0.15, 0.2) is 0 Å². The van der Waals surface area contributed by atoms with Gasteiger partial charge in [0, 0.05) is 0 Å². The second kappa shape index (κ2) is 10.7. The van der Waals surface area contributed by atoms with E-state index in [1.54, 1.807) is 6.26 Å². The minimum atomic E-state index is -1.10. The van der Waals surface area contributed by atoms with Crippen molar-refractivity contribution in [1.29, 1.82) is 0 Å². The molecule has 2 unspecified atom stereocenters. The lowest BCUT2D eigenvalue weighted by molar-refractivity contribution is -0.191. The van der Waals surface area contributed by atoms with E-state index in [0.29, 0.717) is 0 Å². The summed E-state index contributed by atoms with van der Waals surface area (Å²) in [5.74, 6) is -1.30. The Morgan fingerprint density at radius 2 is 1.81 bits per heavy atom. The van der Waals surface area contributed by atoms with Crippen molar-refractivity contribution < 1.29 is 29.4 Å². The van der Waals surface area contributed by atoms with E-state index in [1.807, 2.05) is 0 Å². The lowest BCUT2D eigenvalue weighted by atomic mass is 10.1. The maximum absolute atomic E-state index is 11.0. The molecule has 0 bridgehead atoms. The Labute approximate surface area is 100 Å². The summed E-state index contributed by atoms with van der Waals surface area (Å²) in [4.78, 5) is 37.5. The fraction of sp³-hybridized carbons (Fsp3) is 0.625. The standard InChI is InChI=1S/C7H12O4S2.CO2/c1-4(8)7(13-12-2)5(9)3-6(10)11;2-1-3/h5,7,9H,3H2,1-2H3,(H,10,11);. The smallest absolute Gasteiger partial charge is 0.373 e. The van der Waals surface area contributed by atoms with Crippen LogP contribution < -0.4 is 0 Å². The third-order valence-corrected chi connectivity index (χ3v) is 3.58. The molecular formula is C8H12O6S2. The second-order valence-corrected chi connectivity index (χ2v) is 5.15. The van der Waals surface area contributed by atoms with Gasteiger partial charge in [-0.1, -0.05) is 21.6 Å². The number of carboxylic acids is 1. The van der Waals surface area contributed by atoms with Crippen LogP contribution in [0.25, 0.3) is 0 Å². The molecule has 0 amide bonds. The van der Waals surface area contributed by atoms with Crippen LogP contribution in [0, 0.1) is 0 Å². The summed E-state index contributed by atoms with van der Waals surface area (Å²) in [6.45, 7) is 1.35. The molecule has 2 atom stereocenters. The van der Waals surface area contributed by atoms with E-state index in [2.05, 4.69) is 0 Å². The van der Waals surface area contributed by atoms with Crippen molar-refractivity contribution in [3.63, 3.8) is 0 Å². The van der Waals surface area contributed by atoms with Crippen LogP contribution >= 0.6 is 21.6 Å². The zero-order valence-corrected chi connectivity index (χ0v) is 10.3. The summed E-state index contributed by atoms with van der Waals surface area (Å²) in [5.41, 5.74) is 0. The van der Waals surface area contributed by atoms with E-state index in [9.17, 15) is 14.7 Å². The number of hydrogen-bond acceptors (Lipinski definition) is 7. The monoisotopic (exact) mass is 268 g/mol. The van der Waals surface area contributed by atoms with Crippen molar-refractivity contribution in [3.05, 3.63) is 0 Å². The van der Waals surface area contributed by atoms with Crippen molar-refractivity contribution in [2.45, 2.75) is 24.7 Å². The quantitative estimate of drug-likeness (QED) is 0.658. The average Bonchev–Trinajstić information content (AvgIpc) is 2.13. The maximum Gasteiger partial charge on any atom is 0.373 e. The molecule has 0 spiro atoms. The Bertz CT molecular complexity index is 261. The number of carboxylic acid groups (broad SMARTS) is 1. The lowest BCUT2D eigenvalue weighted by Crippen LogP contribution is -2.31. The van der Waals surface area contributed by atoms with Crippen LogP contribution in [-0.4, -0.2) is 45.7 Å². The van der Waals surface area contributed by atoms with Gasteiger partial charge in [0.25, 0.3) is 0 Å². The van der Waals surface area contributed by atoms with E-state index in [4.69, 9.17) is 14.7 Å². The van der Waals surface area contributed by atoms with Crippen LogP contribution in [0.4, 0.5) is 0 Å². The number of carbonyl (C=O) groups is 2. The fourth-order valence-electron chi connectivity index (χ4n) is 0.792. The van der Waals surface area contributed by atoms with Gasteiger partial charge >= 0.3 is 12.1 Å². The molecule has 0 aliphatic rings. The van der Waals surface area contributed by atoms with E-state index in [0.717, 1.165) is 0 Å². The first-order chi connectivity index (χ1) is 7.40. The molecule has 0 heterocycles. The van der Waals surface area contributed by atoms with Crippen molar-refractivity contribution in [2.24, 2.45) is 0 Å². The van der Waals surface area contributed by atoms with Crippen molar-refractivity contribution in [1.82, 2.24) is 0 Å². The molecule has 0 saturated carbocycles. The zero-order valence-electron chi connectivity index (χ0n) is 8.71. The molecule has 6 nitrogen and oxygen atoms in total. The first kappa shape index (κ1) is 17.6. The Morgan fingerprint density at radius 1 is 1.38 bits per heavy atom. The number of carbonyl (C=O) groups excluding carboxylic acids is 3. The number of aliphatic hydroxyl groups excluding tert-OH is 1. The van der Waals surface area contributed by atoms with Gasteiger partial charge in [-0.3, -0.25) is 9.59 Å². The number of rotatable bonds is 6. The highest BCUT2D eigenvalue weighted by Crippen LogP contribution is 2.27. The zero-order chi connectivity index (χ0) is 13.1. The van der Waals surface area contributed by atoms with E-state index in [-0.39, 0.29) is 11.9 Å². The molecule has 0 aromatic carbocycles. The largest absolute Gasteiger partial charge is 0.481 e. The van der Waals surface area contributed by atoms with Crippen LogP contribution in [0.15, 0.2) is 0 Å². The van der Waals surface area contributed by atoms with Crippen molar-refractivity contribution in [3.8, 4) is 0 Å². The number of Topliss-reactive ketones (excluding diaryl/α,β-unsaturated/α-hetero) is 1. The molecule has 16 heavy (non-hydrogen) atoms. The number of ketones is 1. The topological polar surface area (TPSA) is 109 Å². The highest BCUT2D eigenvalue weighted by molar-refractivity contribution is 8.76. The molecule has 0 aromatic heterocycles. The summed E-state index contributed by atoms with van der Waals surface area (Å²) in [7, 11) is 2.52. The molecule has 8 heteroatoms. The Kier molecular flexibility index (Phi) is 11.7. The third kappa shape index (κ3) is 9.72. The molecule has 0 aliphatic heterocycles. The minimum absolute atomic E-state index is 0.201. The van der Waals surface area contributed by atoms with Crippen LogP contribution in [0.5, 0.6) is 0 Å². The van der Waals surface area contributed by atoms with Crippen molar-refractivity contribution >= 4 is 39.5 Å². The summed E-state index contributed by atoms with van der Waals surface area (Å²) < 4.78 is 0. The van der Waals surface area contributed by atoms with Crippen LogP contribution in [0.1, 0.15) is 13.3 Å². The molecule has 0 radical (unpaired) electrons.